The van der Waals surface area contributed by atoms with Gasteiger partial charge in [0.2, 0.25) is 0 Å². The summed E-state index contributed by atoms with van der Waals surface area (Å²) in [4.78, 5) is 8.58. The average Bonchev–Trinajstić information content (AvgIpc) is 2.91. The monoisotopic (exact) mass is 297 g/mol. The second-order valence-corrected chi connectivity index (χ2v) is 5.10. The fraction of sp³-hybridized carbons (Fsp3) is 0.312. The van der Waals surface area contributed by atoms with Gasteiger partial charge in [-0.1, -0.05) is 12.1 Å². The first-order valence-electron chi connectivity index (χ1n) is 7.31. The van der Waals surface area contributed by atoms with Crippen LogP contribution in [0.5, 0.6) is 5.75 Å². The van der Waals surface area contributed by atoms with Gasteiger partial charge in [-0.25, -0.2) is 9.97 Å². The normalized spacial score (nSPS) is 12.3. The number of benzene rings is 1. The number of ether oxygens (including phenoxy) is 1. The molecule has 22 heavy (non-hydrogen) atoms. The predicted molar refractivity (Wildman–Crippen MR) is 86.0 cm³/mol. The maximum atomic E-state index is 5.47. The van der Waals surface area contributed by atoms with E-state index in [1.54, 1.807) is 17.2 Å². The van der Waals surface area contributed by atoms with Gasteiger partial charge in [0.15, 0.2) is 5.65 Å². The number of aromatic nitrogens is 4. The number of nitrogens with zero attached hydrogens (tertiary/aromatic N) is 4. The van der Waals surface area contributed by atoms with Crippen LogP contribution in [0.15, 0.2) is 36.8 Å². The van der Waals surface area contributed by atoms with E-state index >= 15 is 0 Å². The maximum Gasteiger partial charge on any atom is 0.163 e. The van der Waals surface area contributed by atoms with E-state index in [-0.39, 0.29) is 6.04 Å². The number of hydrogen-bond acceptors (Lipinski definition) is 5. The predicted octanol–water partition coefficient (Wildman–Crippen LogP) is 2.94. The van der Waals surface area contributed by atoms with Crippen LogP contribution in [0.2, 0.25) is 0 Å². The Kier molecular flexibility index (Phi) is 3.91. The van der Waals surface area contributed by atoms with E-state index in [1.807, 2.05) is 26.1 Å². The molecule has 1 N–H and O–H groups in total. The molecule has 2 heterocycles. The standard InChI is InChI=1S/C16H19N5O/c1-4-22-13-7-5-12(6-8-13)11(2)20-15-14-9-19-21(3)16(14)18-10-17-15/h5-11H,4H2,1-3H3,(H,17,18,20)/t11-/m1/s1. The molecule has 6 nitrogen and oxygen atoms in total. The zero-order valence-corrected chi connectivity index (χ0v) is 12.9. The van der Waals surface area contributed by atoms with E-state index in [1.165, 1.54) is 5.56 Å². The maximum absolute atomic E-state index is 5.47. The van der Waals surface area contributed by atoms with E-state index in [0.717, 1.165) is 22.6 Å². The van der Waals surface area contributed by atoms with E-state index in [0.29, 0.717) is 6.61 Å². The number of hydrogen-bond donors (Lipinski definition) is 1. The Hall–Kier alpha value is -2.63. The number of anilines is 1. The second-order valence-electron chi connectivity index (χ2n) is 5.10. The summed E-state index contributed by atoms with van der Waals surface area (Å²) in [6, 6.07) is 8.20. The van der Waals surface area contributed by atoms with Crippen molar-refractivity contribution in [3.63, 3.8) is 0 Å². The molecule has 0 aliphatic heterocycles. The SMILES string of the molecule is CCOc1ccc([C@@H](C)Nc2ncnc3c2cnn3C)cc1. The van der Waals surface area contributed by atoms with Crippen LogP contribution in [-0.4, -0.2) is 26.4 Å². The van der Waals surface area contributed by atoms with Crippen molar-refractivity contribution in [1.82, 2.24) is 19.7 Å². The quantitative estimate of drug-likeness (QED) is 0.784. The summed E-state index contributed by atoms with van der Waals surface area (Å²) < 4.78 is 7.21. The molecule has 2 aromatic heterocycles. The zero-order chi connectivity index (χ0) is 15.5. The molecular formula is C16H19N5O. The molecule has 0 saturated heterocycles. The van der Waals surface area contributed by atoms with Crippen LogP contribution in [-0.2, 0) is 7.05 Å². The van der Waals surface area contributed by atoms with Gasteiger partial charge in [-0.2, -0.15) is 5.10 Å². The summed E-state index contributed by atoms with van der Waals surface area (Å²) in [5.74, 6) is 1.68. The Morgan fingerprint density at radius 2 is 2.00 bits per heavy atom. The lowest BCUT2D eigenvalue weighted by Gasteiger charge is -2.15. The molecule has 3 aromatic rings. The fourth-order valence-electron chi connectivity index (χ4n) is 2.38. The van der Waals surface area contributed by atoms with Crippen LogP contribution in [0.1, 0.15) is 25.5 Å². The molecule has 0 radical (unpaired) electrons. The van der Waals surface area contributed by atoms with Crippen molar-refractivity contribution in [2.45, 2.75) is 19.9 Å². The number of fused-ring (bicyclic) bond motifs is 1. The minimum atomic E-state index is 0.119. The molecular weight excluding hydrogens is 278 g/mol. The van der Waals surface area contributed by atoms with Crippen LogP contribution in [0.3, 0.4) is 0 Å². The lowest BCUT2D eigenvalue weighted by Crippen LogP contribution is -2.08. The first-order chi connectivity index (χ1) is 10.7. The third-order valence-corrected chi connectivity index (χ3v) is 3.57. The molecule has 0 aliphatic carbocycles. The molecule has 1 atom stereocenters. The first kappa shape index (κ1) is 14.3. The van der Waals surface area contributed by atoms with Crippen molar-refractivity contribution in [2.75, 3.05) is 11.9 Å². The summed E-state index contributed by atoms with van der Waals surface area (Å²) >= 11 is 0. The molecule has 0 unspecified atom stereocenters. The lowest BCUT2D eigenvalue weighted by atomic mass is 10.1. The topological polar surface area (TPSA) is 64.9 Å². The van der Waals surface area contributed by atoms with Gasteiger partial charge in [-0.3, -0.25) is 4.68 Å². The van der Waals surface area contributed by atoms with Gasteiger partial charge in [0, 0.05) is 13.1 Å². The van der Waals surface area contributed by atoms with Gasteiger partial charge in [0.05, 0.1) is 18.2 Å². The third-order valence-electron chi connectivity index (χ3n) is 3.57. The van der Waals surface area contributed by atoms with Crippen molar-refractivity contribution in [3.8, 4) is 5.75 Å². The highest BCUT2D eigenvalue weighted by atomic mass is 16.5. The molecule has 0 aliphatic rings. The number of nitrogens with one attached hydrogen (secondary N) is 1. The summed E-state index contributed by atoms with van der Waals surface area (Å²) in [6.45, 7) is 4.75. The van der Waals surface area contributed by atoms with Crippen LogP contribution in [0.25, 0.3) is 11.0 Å². The lowest BCUT2D eigenvalue weighted by molar-refractivity contribution is 0.340. The Morgan fingerprint density at radius 3 is 2.73 bits per heavy atom. The molecule has 0 bridgehead atoms. The van der Waals surface area contributed by atoms with Gasteiger partial charge in [0.1, 0.15) is 17.9 Å². The summed E-state index contributed by atoms with van der Waals surface area (Å²) in [7, 11) is 1.87. The highest BCUT2D eigenvalue weighted by molar-refractivity contribution is 5.86. The van der Waals surface area contributed by atoms with Crippen LogP contribution >= 0.6 is 0 Å². The van der Waals surface area contributed by atoms with E-state index in [9.17, 15) is 0 Å². The summed E-state index contributed by atoms with van der Waals surface area (Å²) in [5, 5.41) is 8.57. The third kappa shape index (κ3) is 2.72. The molecule has 6 heteroatoms. The smallest absolute Gasteiger partial charge is 0.163 e. The van der Waals surface area contributed by atoms with Gasteiger partial charge >= 0.3 is 0 Å². The number of aryl methyl sites for hydroxylation is 1. The largest absolute Gasteiger partial charge is 0.494 e. The molecule has 0 fully saturated rings. The minimum absolute atomic E-state index is 0.119. The van der Waals surface area contributed by atoms with Crippen molar-refractivity contribution >= 4 is 16.9 Å². The Bertz CT molecular complexity index is 766. The Labute approximate surface area is 129 Å². The highest BCUT2D eigenvalue weighted by Gasteiger charge is 2.11. The fourth-order valence-corrected chi connectivity index (χ4v) is 2.38. The Balaban J connectivity index is 1.82. The van der Waals surface area contributed by atoms with Gasteiger partial charge in [-0.05, 0) is 31.5 Å². The van der Waals surface area contributed by atoms with E-state index in [2.05, 4.69) is 39.4 Å². The van der Waals surface area contributed by atoms with Crippen LogP contribution in [0.4, 0.5) is 5.82 Å². The molecule has 0 spiro atoms. The number of rotatable bonds is 5. The van der Waals surface area contributed by atoms with E-state index < -0.39 is 0 Å². The van der Waals surface area contributed by atoms with Crippen molar-refractivity contribution < 1.29 is 4.74 Å². The van der Waals surface area contributed by atoms with Crippen LogP contribution < -0.4 is 10.1 Å². The van der Waals surface area contributed by atoms with E-state index in [4.69, 9.17) is 4.74 Å². The van der Waals surface area contributed by atoms with Crippen LogP contribution in [0, 0.1) is 0 Å². The summed E-state index contributed by atoms with van der Waals surface area (Å²) in [6.07, 6.45) is 3.33. The van der Waals surface area contributed by atoms with Gasteiger partial charge in [-0.15, -0.1) is 0 Å². The van der Waals surface area contributed by atoms with Gasteiger partial charge < -0.3 is 10.1 Å². The average molecular weight is 297 g/mol. The van der Waals surface area contributed by atoms with Crippen molar-refractivity contribution in [3.05, 3.63) is 42.4 Å². The molecule has 1 aromatic carbocycles. The summed E-state index contributed by atoms with van der Waals surface area (Å²) in [5.41, 5.74) is 1.98. The molecule has 0 saturated carbocycles. The Morgan fingerprint density at radius 1 is 1.23 bits per heavy atom. The molecule has 3 rings (SSSR count). The second kappa shape index (κ2) is 6.01. The molecule has 0 amide bonds. The highest BCUT2D eigenvalue weighted by Crippen LogP contribution is 2.24. The zero-order valence-electron chi connectivity index (χ0n) is 12.9. The van der Waals surface area contributed by atoms with Gasteiger partial charge in [0.25, 0.3) is 0 Å². The van der Waals surface area contributed by atoms with Crippen molar-refractivity contribution in [2.24, 2.45) is 7.05 Å². The minimum Gasteiger partial charge on any atom is -0.494 e. The molecule has 114 valence electrons. The first-order valence-corrected chi connectivity index (χ1v) is 7.31. The van der Waals surface area contributed by atoms with Crippen molar-refractivity contribution in [1.29, 1.82) is 0 Å².